The van der Waals surface area contributed by atoms with Gasteiger partial charge in [0.05, 0.1) is 12.8 Å². The first kappa shape index (κ1) is 11.7. The van der Waals surface area contributed by atoms with Crippen LogP contribution in [0, 0.1) is 12.3 Å². The highest BCUT2D eigenvalue weighted by atomic mass is 16.3. The Morgan fingerprint density at radius 2 is 2.25 bits per heavy atom. The van der Waals surface area contributed by atoms with E-state index in [-0.39, 0.29) is 0 Å². The molecular formula is C14H23NO. The molecule has 1 aliphatic rings. The van der Waals surface area contributed by atoms with Gasteiger partial charge in [-0.3, -0.25) is 0 Å². The highest BCUT2D eigenvalue weighted by Crippen LogP contribution is 2.35. The van der Waals surface area contributed by atoms with Crippen LogP contribution in [0.2, 0.25) is 0 Å². The Balaban J connectivity index is 1.92. The maximum absolute atomic E-state index is 5.46. The molecule has 2 nitrogen and oxygen atoms in total. The molecule has 0 saturated heterocycles. The zero-order valence-electron chi connectivity index (χ0n) is 10.7. The minimum Gasteiger partial charge on any atom is -0.468 e. The van der Waals surface area contributed by atoms with Gasteiger partial charge in [0.2, 0.25) is 0 Å². The minimum absolute atomic E-state index is 0.429. The molecule has 1 fully saturated rings. The Kier molecular flexibility index (Phi) is 3.38. The van der Waals surface area contributed by atoms with Crippen LogP contribution in [0.3, 0.4) is 0 Å². The van der Waals surface area contributed by atoms with E-state index in [0.29, 0.717) is 11.5 Å². The Hall–Kier alpha value is -0.760. The van der Waals surface area contributed by atoms with Crippen molar-refractivity contribution in [2.45, 2.75) is 59.0 Å². The first-order valence-corrected chi connectivity index (χ1v) is 6.36. The molecule has 1 heterocycles. The summed E-state index contributed by atoms with van der Waals surface area (Å²) < 4.78 is 5.46. The van der Waals surface area contributed by atoms with Gasteiger partial charge < -0.3 is 9.73 Å². The zero-order chi connectivity index (χ0) is 11.6. The second-order valence-electron chi connectivity index (χ2n) is 5.69. The Bertz CT molecular complexity index is 340. The second-order valence-corrected chi connectivity index (χ2v) is 5.69. The second kappa shape index (κ2) is 4.62. The van der Waals surface area contributed by atoms with Crippen molar-refractivity contribution in [1.82, 2.24) is 5.32 Å². The lowest BCUT2D eigenvalue weighted by Gasteiger charge is -2.39. The third-order valence-corrected chi connectivity index (χ3v) is 3.98. The lowest BCUT2D eigenvalue weighted by Crippen LogP contribution is -2.43. The standard InChI is InChI=1S/C14H23NO/c1-11-7-9-16-12(11)10-15-13-6-4-5-8-14(13,2)3/h7,9,13,15H,4-6,8,10H2,1-3H3. The summed E-state index contributed by atoms with van der Waals surface area (Å²) in [6.45, 7) is 7.72. The van der Waals surface area contributed by atoms with Gasteiger partial charge in [-0.1, -0.05) is 26.7 Å². The summed E-state index contributed by atoms with van der Waals surface area (Å²) in [5.74, 6) is 1.08. The predicted octanol–water partition coefficient (Wildman–Crippen LogP) is 3.65. The van der Waals surface area contributed by atoms with Crippen molar-refractivity contribution in [3.63, 3.8) is 0 Å². The number of rotatable bonds is 3. The van der Waals surface area contributed by atoms with Gasteiger partial charge in [0.1, 0.15) is 5.76 Å². The highest BCUT2D eigenvalue weighted by Gasteiger charge is 2.31. The smallest absolute Gasteiger partial charge is 0.120 e. The van der Waals surface area contributed by atoms with Crippen LogP contribution in [0.4, 0.5) is 0 Å². The van der Waals surface area contributed by atoms with E-state index in [4.69, 9.17) is 4.42 Å². The number of hydrogen-bond donors (Lipinski definition) is 1. The van der Waals surface area contributed by atoms with Gasteiger partial charge in [-0.15, -0.1) is 0 Å². The normalized spacial score (nSPS) is 24.6. The van der Waals surface area contributed by atoms with Gasteiger partial charge in [-0.05, 0) is 36.8 Å². The predicted molar refractivity (Wildman–Crippen MR) is 66.3 cm³/mol. The summed E-state index contributed by atoms with van der Waals surface area (Å²) in [5, 5.41) is 3.66. The van der Waals surface area contributed by atoms with Crippen LogP contribution in [0.5, 0.6) is 0 Å². The van der Waals surface area contributed by atoms with E-state index < -0.39 is 0 Å². The molecule has 0 radical (unpaired) electrons. The molecular weight excluding hydrogens is 198 g/mol. The fraction of sp³-hybridized carbons (Fsp3) is 0.714. The summed E-state index contributed by atoms with van der Waals surface area (Å²) in [7, 11) is 0. The molecule has 1 saturated carbocycles. The Morgan fingerprint density at radius 1 is 1.44 bits per heavy atom. The summed E-state index contributed by atoms with van der Waals surface area (Å²) in [6.07, 6.45) is 7.15. The molecule has 0 bridgehead atoms. The lowest BCUT2D eigenvalue weighted by atomic mass is 9.73. The average molecular weight is 221 g/mol. The topological polar surface area (TPSA) is 25.2 Å². The van der Waals surface area contributed by atoms with E-state index >= 15 is 0 Å². The Morgan fingerprint density at radius 3 is 2.88 bits per heavy atom. The van der Waals surface area contributed by atoms with E-state index in [9.17, 15) is 0 Å². The first-order chi connectivity index (χ1) is 7.59. The third kappa shape index (κ3) is 2.49. The molecule has 1 aliphatic carbocycles. The molecule has 1 aromatic heterocycles. The van der Waals surface area contributed by atoms with Crippen molar-refractivity contribution >= 4 is 0 Å². The summed E-state index contributed by atoms with van der Waals surface area (Å²) in [5.41, 5.74) is 1.68. The van der Waals surface area contributed by atoms with Gasteiger partial charge in [0.25, 0.3) is 0 Å². The summed E-state index contributed by atoms with van der Waals surface area (Å²) in [6, 6.07) is 2.66. The molecule has 0 spiro atoms. The van der Waals surface area contributed by atoms with Crippen molar-refractivity contribution in [1.29, 1.82) is 0 Å². The highest BCUT2D eigenvalue weighted by molar-refractivity contribution is 5.14. The van der Waals surface area contributed by atoms with Gasteiger partial charge in [-0.2, -0.15) is 0 Å². The van der Waals surface area contributed by atoms with Crippen molar-refractivity contribution in [2.24, 2.45) is 5.41 Å². The average Bonchev–Trinajstić information content (AvgIpc) is 2.62. The number of nitrogens with one attached hydrogen (secondary N) is 1. The van der Waals surface area contributed by atoms with E-state index in [0.717, 1.165) is 12.3 Å². The van der Waals surface area contributed by atoms with Crippen molar-refractivity contribution < 1.29 is 4.42 Å². The monoisotopic (exact) mass is 221 g/mol. The third-order valence-electron chi connectivity index (χ3n) is 3.98. The van der Waals surface area contributed by atoms with Crippen molar-refractivity contribution in [3.05, 3.63) is 23.7 Å². The van der Waals surface area contributed by atoms with Crippen molar-refractivity contribution in [3.8, 4) is 0 Å². The van der Waals surface area contributed by atoms with Crippen LogP contribution in [-0.2, 0) is 6.54 Å². The minimum atomic E-state index is 0.429. The largest absolute Gasteiger partial charge is 0.468 e. The van der Waals surface area contributed by atoms with Gasteiger partial charge in [0, 0.05) is 6.04 Å². The molecule has 16 heavy (non-hydrogen) atoms. The van der Waals surface area contributed by atoms with Gasteiger partial charge in [0.15, 0.2) is 0 Å². The SMILES string of the molecule is Cc1ccoc1CNC1CCCCC1(C)C. The van der Waals surface area contributed by atoms with Crippen molar-refractivity contribution in [2.75, 3.05) is 0 Å². The summed E-state index contributed by atoms with van der Waals surface area (Å²) >= 11 is 0. The van der Waals surface area contributed by atoms with Crippen LogP contribution >= 0.6 is 0 Å². The summed E-state index contributed by atoms with van der Waals surface area (Å²) in [4.78, 5) is 0. The van der Waals surface area contributed by atoms with Crippen LogP contribution < -0.4 is 5.32 Å². The molecule has 1 N–H and O–H groups in total. The fourth-order valence-corrected chi connectivity index (χ4v) is 2.67. The molecule has 0 aromatic carbocycles. The Labute approximate surface area is 98.4 Å². The fourth-order valence-electron chi connectivity index (χ4n) is 2.67. The molecule has 0 aliphatic heterocycles. The van der Waals surface area contributed by atoms with E-state index in [2.05, 4.69) is 26.1 Å². The number of furan rings is 1. The van der Waals surface area contributed by atoms with E-state index in [1.165, 1.54) is 31.2 Å². The molecule has 1 atom stereocenters. The van der Waals surface area contributed by atoms with Crippen LogP contribution in [0.25, 0.3) is 0 Å². The van der Waals surface area contributed by atoms with Crippen LogP contribution in [0.15, 0.2) is 16.7 Å². The maximum Gasteiger partial charge on any atom is 0.120 e. The van der Waals surface area contributed by atoms with Crippen LogP contribution in [-0.4, -0.2) is 6.04 Å². The quantitative estimate of drug-likeness (QED) is 0.843. The van der Waals surface area contributed by atoms with Gasteiger partial charge >= 0.3 is 0 Å². The number of hydrogen-bond acceptors (Lipinski definition) is 2. The number of aryl methyl sites for hydroxylation is 1. The molecule has 90 valence electrons. The molecule has 1 unspecified atom stereocenters. The van der Waals surface area contributed by atoms with E-state index in [1.54, 1.807) is 6.26 Å². The molecule has 0 amide bonds. The van der Waals surface area contributed by atoms with Gasteiger partial charge in [-0.25, -0.2) is 0 Å². The lowest BCUT2D eigenvalue weighted by molar-refractivity contribution is 0.164. The first-order valence-electron chi connectivity index (χ1n) is 6.36. The molecule has 2 heteroatoms. The van der Waals surface area contributed by atoms with E-state index in [1.807, 2.05) is 6.07 Å². The molecule has 1 aromatic rings. The maximum atomic E-state index is 5.46. The van der Waals surface area contributed by atoms with Crippen LogP contribution in [0.1, 0.15) is 50.9 Å². The zero-order valence-corrected chi connectivity index (χ0v) is 10.7. The molecule has 2 rings (SSSR count).